The van der Waals surface area contributed by atoms with Crippen LogP contribution in [0.1, 0.15) is 42.2 Å². The molecule has 2 aliphatic heterocycles. The first-order chi connectivity index (χ1) is 16.0. The van der Waals surface area contributed by atoms with Crippen molar-refractivity contribution in [2.45, 2.75) is 39.2 Å². The van der Waals surface area contributed by atoms with E-state index in [1.165, 1.54) is 0 Å². The normalized spacial score (nSPS) is 20.4. The van der Waals surface area contributed by atoms with Gasteiger partial charge in [0.25, 0.3) is 5.91 Å². The third-order valence-corrected chi connectivity index (χ3v) is 7.15. The largest absolute Gasteiger partial charge is 0.343 e. The van der Waals surface area contributed by atoms with Gasteiger partial charge in [-0.3, -0.25) is 9.59 Å². The van der Waals surface area contributed by atoms with E-state index in [9.17, 15) is 9.59 Å². The minimum atomic E-state index is 0.0551. The van der Waals surface area contributed by atoms with Crippen LogP contribution < -0.4 is 0 Å². The highest BCUT2D eigenvalue weighted by Crippen LogP contribution is 2.35. The van der Waals surface area contributed by atoms with Crippen molar-refractivity contribution >= 4 is 11.8 Å². The van der Waals surface area contributed by atoms with Crippen molar-refractivity contribution in [2.24, 2.45) is 5.92 Å². The number of piperidine rings is 2. The van der Waals surface area contributed by atoms with Crippen LogP contribution in [0.5, 0.6) is 0 Å². The van der Waals surface area contributed by atoms with Gasteiger partial charge in [0.2, 0.25) is 5.91 Å². The third kappa shape index (κ3) is 3.94. The van der Waals surface area contributed by atoms with E-state index in [0.717, 1.165) is 55.0 Å². The fraction of sp³-hybridized carbons (Fsp3) is 0.370. The van der Waals surface area contributed by atoms with Gasteiger partial charge in [-0.05, 0) is 44.2 Å². The molecule has 0 saturated carbocycles. The van der Waals surface area contributed by atoms with Crippen molar-refractivity contribution in [3.8, 4) is 16.9 Å². The summed E-state index contributed by atoms with van der Waals surface area (Å²) >= 11 is 0. The van der Waals surface area contributed by atoms with Crippen LogP contribution in [0.25, 0.3) is 16.9 Å². The van der Waals surface area contributed by atoms with E-state index in [2.05, 4.69) is 4.90 Å². The number of aromatic nitrogens is 2. The van der Waals surface area contributed by atoms with Gasteiger partial charge in [-0.15, -0.1) is 0 Å². The Morgan fingerprint density at radius 2 is 1.64 bits per heavy atom. The monoisotopic (exact) mass is 442 g/mol. The fourth-order valence-corrected chi connectivity index (χ4v) is 5.46. The lowest BCUT2D eigenvalue weighted by Gasteiger charge is -2.47. The van der Waals surface area contributed by atoms with Crippen molar-refractivity contribution in [1.82, 2.24) is 19.6 Å². The summed E-state index contributed by atoms with van der Waals surface area (Å²) < 4.78 is 1.88. The molecule has 0 unspecified atom stereocenters. The molecule has 3 heterocycles. The van der Waals surface area contributed by atoms with E-state index in [4.69, 9.17) is 5.10 Å². The first-order valence-electron chi connectivity index (χ1n) is 11.8. The van der Waals surface area contributed by atoms with E-state index < -0.39 is 0 Å². The molecule has 2 aromatic carbocycles. The summed E-state index contributed by atoms with van der Waals surface area (Å²) in [6.07, 6.45) is 2.86. The molecular weight excluding hydrogens is 412 g/mol. The zero-order chi connectivity index (χ0) is 22.9. The molecule has 3 aromatic rings. The molecule has 2 aliphatic rings. The van der Waals surface area contributed by atoms with Crippen LogP contribution in [0.4, 0.5) is 0 Å². The number of rotatable bonds is 3. The third-order valence-electron chi connectivity index (χ3n) is 7.15. The molecule has 33 heavy (non-hydrogen) atoms. The van der Waals surface area contributed by atoms with Crippen LogP contribution in [0.2, 0.25) is 0 Å². The van der Waals surface area contributed by atoms with Crippen molar-refractivity contribution in [3.05, 3.63) is 71.9 Å². The standard InChI is InChI=1S/C27H30N4O2/c1-19-25(27(33)30-16-9-12-22-18-29(20(2)32)17-15-24(22)30)26(21-10-5-3-6-11-21)28-31(19)23-13-7-4-8-14-23/h3-8,10-11,13-14,22,24H,9,12,15-18H2,1-2H3/t22-,24+/m0/s1. The van der Waals surface area contributed by atoms with Gasteiger partial charge in [0.1, 0.15) is 5.69 Å². The number of hydrogen-bond donors (Lipinski definition) is 0. The molecule has 0 N–H and O–H groups in total. The molecule has 6 heteroatoms. The number of hydrogen-bond acceptors (Lipinski definition) is 3. The van der Waals surface area contributed by atoms with Gasteiger partial charge < -0.3 is 9.80 Å². The SMILES string of the molecule is CC(=O)N1CC[C@@H]2[C@@H](CCCN2C(=O)c2c(-c3ccccc3)nn(-c3ccccc3)c2C)C1. The number of para-hydroxylation sites is 1. The molecular formula is C27H30N4O2. The van der Waals surface area contributed by atoms with Gasteiger partial charge in [0, 0.05) is 38.2 Å². The zero-order valence-corrected chi connectivity index (χ0v) is 19.3. The average Bonchev–Trinajstić information content (AvgIpc) is 3.21. The molecule has 170 valence electrons. The molecule has 0 aliphatic carbocycles. The highest BCUT2D eigenvalue weighted by Gasteiger charge is 2.40. The molecule has 2 fully saturated rings. The Kier molecular flexibility index (Phi) is 5.75. The summed E-state index contributed by atoms with van der Waals surface area (Å²) in [5, 5.41) is 4.92. The Labute approximate surface area is 194 Å². The predicted molar refractivity (Wildman–Crippen MR) is 128 cm³/mol. The molecule has 6 nitrogen and oxygen atoms in total. The predicted octanol–water partition coefficient (Wildman–Crippen LogP) is 4.32. The number of nitrogens with zero attached hydrogens (tertiary/aromatic N) is 4. The van der Waals surface area contributed by atoms with Crippen molar-refractivity contribution < 1.29 is 9.59 Å². The highest BCUT2D eigenvalue weighted by atomic mass is 16.2. The molecule has 2 atom stereocenters. The van der Waals surface area contributed by atoms with Crippen LogP contribution in [-0.2, 0) is 4.79 Å². The first kappa shape index (κ1) is 21.4. The summed E-state index contributed by atoms with van der Waals surface area (Å²) in [5.74, 6) is 0.521. The van der Waals surface area contributed by atoms with Crippen molar-refractivity contribution in [1.29, 1.82) is 0 Å². The quantitative estimate of drug-likeness (QED) is 0.607. The number of fused-ring (bicyclic) bond motifs is 1. The van der Waals surface area contributed by atoms with Crippen molar-refractivity contribution in [3.63, 3.8) is 0 Å². The summed E-state index contributed by atoms with van der Waals surface area (Å²) in [7, 11) is 0. The average molecular weight is 443 g/mol. The zero-order valence-electron chi connectivity index (χ0n) is 19.3. The Hall–Kier alpha value is -3.41. The Bertz CT molecular complexity index is 1160. The second-order valence-electron chi connectivity index (χ2n) is 9.14. The van der Waals surface area contributed by atoms with Gasteiger partial charge in [0.15, 0.2) is 0 Å². The van der Waals surface area contributed by atoms with Gasteiger partial charge >= 0.3 is 0 Å². The van der Waals surface area contributed by atoms with Crippen LogP contribution in [0.3, 0.4) is 0 Å². The van der Waals surface area contributed by atoms with Crippen LogP contribution >= 0.6 is 0 Å². The Balaban J connectivity index is 1.55. The number of amides is 2. The number of carbonyl (C=O) groups is 2. The molecule has 1 aromatic heterocycles. The van der Waals surface area contributed by atoms with Gasteiger partial charge in [-0.25, -0.2) is 4.68 Å². The summed E-state index contributed by atoms with van der Waals surface area (Å²) in [6, 6.07) is 20.1. The molecule has 0 spiro atoms. The van der Waals surface area contributed by atoms with E-state index in [1.807, 2.05) is 77.2 Å². The fourth-order valence-electron chi connectivity index (χ4n) is 5.46. The topological polar surface area (TPSA) is 58.4 Å². The van der Waals surface area contributed by atoms with Crippen molar-refractivity contribution in [2.75, 3.05) is 19.6 Å². The van der Waals surface area contributed by atoms with E-state index >= 15 is 0 Å². The minimum Gasteiger partial charge on any atom is -0.343 e. The van der Waals surface area contributed by atoms with E-state index in [-0.39, 0.29) is 17.9 Å². The maximum Gasteiger partial charge on any atom is 0.258 e. The second kappa shape index (κ2) is 8.85. The second-order valence-corrected chi connectivity index (χ2v) is 9.14. The summed E-state index contributed by atoms with van der Waals surface area (Å²) in [5.41, 5.74) is 4.15. The molecule has 2 amide bonds. The van der Waals surface area contributed by atoms with Gasteiger partial charge in [0.05, 0.1) is 16.9 Å². The minimum absolute atomic E-state index is 0.0551. The number of carbonyl (C=O) groups excluding carboxylic acids is 2. The lowest BCUT2D eigenvalue weighted by atomic mass is 9.83. The lowest BCUT2D eigenvalue weighted by molar-refractivity contribution is -0.132. The Morgan fingerprint density at radius 3 is 2.33 bits per heavy atom. The van der Waals surface area contributed by atoms with Gasteiger partial charge in [-0.2, -0.15) is 5.10 Å². The Morgan fingerprint density at radius 1 is 0.939 bits per heavy atom. The molecule has 5 rings (SSSR count). The smallest absolute Gasteiger partial charge is 0.258 e. The van der Waals surface area contributed by atoms with Gasteiger partial charge in [-0.1, -0.05) is 48.5 Å². The maximum atomic E-state index is 14.1. The number of benzene rings is 2. The summed E-state index contributed by atoms with van der Waals surface area (Å²) in [4.78, 5) is 30.1. The highest BCUT2D eigenvalue weighted by molar-refractivity contribution is 6.01. The lowest BCUT2D eigenvalue weighted by Crippen LogP contribution is -2.56. The maximum absolute atomic E-state index is 14.1. The molecule has 2 saturated heterocycles. The van der Waals surface area contributed by atoms with Crippen LogP contribution in [-0.4, -0.2) is 57.1 Å². The van der Waals surface area contributed by atoms with Crippen LogP contribution in [0.15, 0.2) is 60.7 Å². The molecule has 0 bridgehead atoms. The molecule has 0 radical (unpaired) electrons. The van der Waals surface area contributed by atoms with E-state index in [0.29, 0.717) is 18.0 Å². The van der Waals surface area contributed by atoms with Crippen LogP contribution in [0, 0.1) is 12.8 Å². The van der Waals surface area contributed by atoms with E-state index in [1.54, 1.807) is 6.92 Å². The summed E-state index contributed by atoms with van der Waals surface area (Å²) in [6.45, 7) is 5.84. The first-order valence-corrected chi connectivity index (χ1v) is 11.8. The number of likely N-dealkylation sites (tertiary alicyclic amines) is 2.